The van der Waals surface area contributed by atoms with E-state index < -0.39 is 10.0 Å². The summed E-state index contributed by atoms with van der Waals surface area (Å²) in [5.41, 5.74) is 0.429. The Bertz CT molecular complexity index is 692. The van der Waals surface area contributed by atoms with Crippen LogP contribution in [0.15, 0.2) is 29.2 Å². The minimum Gasteiger partial charge on any atom is -0.342 e. The molecule has 1 amide bonds. The summed E-state index contributed by atoms with van der Waals surface area (Å²) in [4.78, 5) is 14.4. The SMILES string of the molecule is CCCCN(C)C(=O)c1cccc(S(=O)(=O)N2CC(C)CC(C)C2)c1. The zero-order valence-corrected chi connectivity index (χ0v) is 16.6. The molecular weight excluding hydrogens is 336 g/mol. The van der Waals surface area contributed by atoms with E-state index in [-0.39, 0.29) is 10.8 Å². The fourth-order valence-electron chi connectivity index (χ4n) is 3.46. The van der Waals surface area contributed by atoms with Crippen molar-refractivity contribution in [2.24, 2.45) is 11.8 Å². The number of carbonyl (C=O) groups is 1. The standard InChI is InChI=1S/C19H30N2O3S/c1-5-6-10-20(4)19(22)17-8-7-9-18(12-17)25(23,24)21-13-15(2)11-16(3)14-21/h7-9,12,15-16H,5-6,10-11,13-14H2,1-4H3. The van der Waals surface area contributed by atoms with Gasteiger partial charge >= 0.3 is 0 Å². The molecule has 1 aromatic rings. The van der Waals surface area contributed by atoms with Crippen molar-refractivity contribution in [3.05, 3.63) is 29.8 Å². The van der Waals surface area contributed by atoms with Gasteiger partial charge in [0, 0.05) is 32.2 Å². The molecule has 2 unspecified atom stereocenters. The molecule has 1 aliphatic rings. The first kappa shape index (κ1) is 19.9. The third-order valence-electron chi connectivity index (χ3n) is 4.75. The van der Waals surface area contributed by atoms with Crippen molar-refractivity contribution in [2.75, 3.05) is 26.7 Å². The number of benzene rings is 1. The minimum absolute atomic E-state index is 0.133. The van der Waals surface area contributed by atoms with Gasteiger partial charge in [0.05, 0.1) is 4.90 Å². The van der Waals surface area contributed by atoms with E-state index in [1.807, 2.05) is 0 Å². The smallest absolute Gasteiger partial charge is 0.253 e. The molecule has 1 heterocycles. The second-order valence-electron chi connectivity index (χ2n) is 7.38. The largest absolute Gasteiger partial charge is 0.342 e. The van der Waals surface area contributed by atoms with Crippen molar-refractivity contribution >= 4 is 15.9 Å². The lowest BCUT2D eigenvalue weighted by atomic mass is 9.94. The molecular formula is C19H30N2O3S. The van der Waals surface area contributed by atoms with Crippen LogP contribution in [0.4, 0.5) is 0 Å². The number of sulfonamides is 1. The highest BCUT2D eigenvalue weighted by atomic mass is 32.2. The Balaban J connectivity index is 2.23. The molecule has 25 heavy (non-hydrogen) atoms. The summed E-state index contributed by atoms with van der Waals surface area (Å²) in [6.45, 7) is 8.00. The van der Waals surface area contributed by atoms with Gasteiger partial charge in [-0.25, -0.2) is 8.42 Å². The number of unbranched alkanes of at least 4 members (excludes halogenated alkanes) is 1. The normalized spacial score (nSPS) is 21.9. The Hall–Kier alpha value is -1.40. The zero-order chi connectivity index (χ0) is 18.6. The number of carbonyl (C=O) groups excluding carboxylic acids is 1. The van der Waals surface area contributed by atoms with Gasteiger partial charge in [-0.2, -0.15) is 4.31 Å². The molecule has 2 atom stereocenters. The van der Waals surface area contributed by atoms with Gasteiger partial charge in [0.15, 0.2) is 0 Å². The second kappa shape index (κ2) is 8.32. The third kappa shape index (κ3) is 4.82. The summed E-state index contributed by atoms with van der Waals surface area (Å²) >= 11 is 0. The molecule has 140 valence electrons. The minimum atomic E-state index is -3.56. The molecule has 0 spiro atoms. The molecule has 1 saturated heterocycles. The molecule has 5 nitrogen and oxygen atoms in total. The summed E-state index contributed by atoms with van der Waals surface area (Å²) in [6.07, 6.45) is 2.99. The highest BCUT2D eigenvalue weighted by Gasteiger charge is 2.32. The Morgan fingerprint density at radius 2 is 1.88 bits per heavy atom. The fraction of sp³-hybridized carbons (Fsp3) is 0.632. The van der Waals surface area contributed by atoms with E-state index in [2.05, 4.69) is 20.8 Å². The second-order valence-corrected chi connectivity index (χ2v) is 9.31. The van der Waals surface area contributed by atoms with Crippen LogP contribution in [-0.4, -0.2) is 50.2 Å². The van der Waals surface area contributed by atoms with Gasteiger partial charge in [0.2, 0.25) is 10.0 Å². The van der Waals surface area contributed by atoms with Crippen LogP contribution in [0, 0.1) is 11.8 Å². The Kier molecular flexibility index (Phi) is 6.63. The summed E-state index contributed by atoms with van der Waals surface area (Å²) in [6, 6.07) is 6.45. The first-order valence-corrected chi connectivity index (χ1v) is 10.5. The van der Waals surface area contributed by atoms with Crippen LogP contribution in [0.3, 0.4) is 0 Å². The number of rotatable bonds is 6. The summed E-state index contributed by atoms with van der Waals surface area (Å²) < 4.78 is 27.6. The molecule has 0 aliphatic carbocycles. The highest BCUT2D eigenvalue weighted by Crippen LogP contribution is 2.27. The maximum Gasteiger partial charge on any atom is 0.253 e. The molecule has 1 fully saturated rings. The third-order valence-corrected chi connectivity index (χ3v) is 6.58. The van der Waals surface area contributed by atoms with Gasteiger partial charge in [-0.05, 0) is 42.9 Å². The maximum atomic E-state index is 13.0. The van der Waals surface area contributed by atoms with Crippen LogP contribution in [0.25, 0.3) is 0 Å². The van der Waals surface area contributed by atoms with Gasteiger partial charge in [0.1, 0.15) is 0 Å². The van der Waals surface area contributed by atoms with Crippen LogP contribution >= 0.6 is 0 Å². The van der Waals surface area contributed by atoms with Gasteiger partial charge in [-0.1, -0.05) is 33.3 Å². The first-order valence-electron chi connectivity index (χ1n) is 9.11. The van der Waals surface area contributed by atoms with Crippen molar-refractivity contribution < 1.29 is 13.2 Å². The number of hydrogen-bond acceptors (Lipinski definition) is 3. The monoisotopic (exact) mass is 366 g/mol. The van der Waals surface area contributed by atoms with Crippen molar-refractivity contribution in [1.82, 2.24) is 9.21 Å². The lowest BCUT2D eigenvalue weighted by Gasteiger charge is -2.34. The molecule has 0 aromatic heterocycles. The van der Waals surface area contributed by atoms with Crippen LogP contribution in [0.2, 0.25) is 0 Å². The van der Waals surface area contributed by atoms with Gasteiger partial charge < -0.3 is 4.90 Å². The predicted molar refractivity (Wildman–Crippen MR) is 100 cm³/mol. The summed E-state index contributed by atoms with van der Waals surface area (Å²) in [5, 5.41) is 0. The Morgan fingerprint density at radius 3 is 2.48 bits per heavy atom. The number of amides is 1. The van der Waals surface area contributed by atoms with E-state index in [0.29, 0.717) is 37.0 Å². The Morgan fingerprint density at radius 1 is 1.24 bits per heavy atom. The van der Waals surface area contributed by atoms with Crippen molar-refractivity contribution in [3.8, 4) is 0 Å². The number of nitrogens with zero attached hydrogens (tertiary/aromatic N) is 2. The fourth-order valence-corrected chi connectivity index (χ4v) is 5.18. The first-order chi connectivity index (χ1) is 11.8. The van der Waals surface area contributed by atoms with E-state index >= 15 is 0 Å². The lowest BCUT2D eigenvalue weighted by Crippen LogP contribution is -2.42. The zero-order valence-electron chi connectivity index (χ0n) is 15.7. The topological polar surface area (TPSA) is 57.7 Å². The maximum absolute atomic E-state index is 13.0. The molecule has 0 radical (unpaired) electrons. The predicted octanol–water partition coefficient (Wildman–Crippen LogP) is 3.23. The van der Waals surface area contributed by atoms with E-state index in [0.717, 1.165) is 19.3 Å². The van der Waals surface area contributed by atoms with Gasteiger partial charge in [-0.3, -0.25) is 4.79 Å². The average Bonchev–Trinajstić information content (AvgIpc) is 2.58. The van der Waals surface area contributed by atoms with E-state index in [1.165, 1.54) is 6.07 Å². The van der Waals surface area contributed by atoms with Crippen molar-refractivity contribution in [1.29, 1.82) is 0 Å². The molecule has 0 bridgehead atoms. The van der Waals surface area contributed by atoms with Crippen molar-refractivity contribution in [2.45, 2.75) is 44.9 Å². The average molecular weight is 367 g/mol. The van der Waals surface area contributed by atoms with Crippen LogP contribution in [-0.2, 0) is 10.0 Å². The summed E-state index contributed by atoms with van der Waals surface area (Å²) in [7, 11) is -1.81. The number of piperidine rings is 1. The van der Waals surface area contributed by atoms with Crippen LogP contribution in [0.1, 0.15) is 50.4 Å². The van der Waals surface area contributed by atoms with Gasteiger partial charge in [-0.15, -0.1) is 0 Å². The van der Waals surface area contributed by atoms with Crippen molar-refractivity contribution in [3.63, 3.8) is 0 Å². The molecule has 2 rings (SSSR count). The van der Waals surface area contributed by atoms with Gasteiger partial charge in [0.25, 0.3) is 5.91 Å². The number of hydrogen-bond donors (Lipinski definition) is 0. The molecule has 1 aliphatic heterocycles. The van der Waals surface area contributed by atoms with Crippen LogP contribution in [0.5, 0.6) is 0 Å². The van der Waals surface area contributed by atoms with E-state index in [9.17, 15) is 13.2 Å². The van der Waals surface area contributed by atoms with E-state index in [4.69, 9.17) is 0 Å². The molecule has 0 saturated carbocycles. The Labute approximate surface area is 152 Å². The molecule has 6 heteroatoms. The quantitative estimate of drug-likeness (QED) is 0.777. The van der Waals surface area contributed by atoms with E-state index in [1.54, 1.807) is 34.5 Å². The highest BCUT2D eigenvalue weighted by molar-refractivity contribution is 7.89. The molecule has 0 N–H and O–H groups in total. The summed E-state index contributed by atoms with van der Waals surface area (Å²) in [5.74, 6) is 0.568. The van der Waals surface area contributed by atoms with Crippen LogP contribution < -0.4 is 0 Å². The lowest BCUT2D eigenvalue weighted by molar-refractivity contribution is 0.0793. The molecule has 1 aromatic carbocycles.